The minimum absolute atomic E-state index is 0.173. The van der Waals surface area contributed by atoms with Crippen molar-refractivity contribution in [1.82, 2.24) is 19.9 Å². The van der Waals surface area contributed by atoms with Gasteiger partial charge in [0, 0.05) is 56.9 Å². The molecule has 0 aliphatic carbocycles. The van der Waals surface area contributed by atoms with Crippen molar-refractivity contribution >= 4 is 22.4 Å². The van der Waals surface area contributed by atoms with Gasteiger partial charge in [-0.15, -0.1) is 0 Å². The van der Waals surface area contributed by atoms with E-state index in [2.05, 4.69) is 31.8 Å². The minimum atomic E-state index is -0.885. The van der Waals surface area contributed by atoms with Gasteiger partial charge in [0.2, 0.25) is 0 Å². The molecule has 1 aliphatic heterocycles. The van der Waals surface area contributed by atoms with Gasteiger partial charge in [0.05, 0.1) is 23.4 Å². The van der Waals surface area contributed by atoms with E-state index in [-0.39, 0.29) is 5.39 Å². The van der Waals surface area contributed by atoms with Crippen molar-refractivity contribution in [2.45, 2.75) is 13.5 Å². The summed E-state index contributed by atoms with van der Waals surface area (Å²) in [4.78, 5) is 19.8. The number of hydrogen-bond acceptors (Lipinski definition) is 6. The fourth-order valence-electron chi connectivity index (χ4n) is 3.68. The molecule has 0 saturated carbocycles. The number of hydrogen-bond donors (Lipinski definition) is 0. The van der Waals surface area contributed by atoms with Gasteiger partial charge in [0.15, 0.2) is 11.6 Å². The average Bonchev–Trinajstić information content (AvgIpc) is 2.70. The summed E-state index contributed by atoms with van der Waals surface area (Å²) in [6, 6.07) is 6.31. The number of aryl methyl sites for hydroxylation is 1. The Morgan fingerprint density at radius 1 is 1.10 bits per heavy atom. The number of rotatable bonds is 4. The molecule has 1 fully saturated rings. The van der Waals surface area contributed by atoms with Gasteiger partial charge in [-0.1, -0.05) is 0 Å². The van der Waals surface area contributed by atoms with Crippen LogP contribution in [-0.2, 0) is 6.54 Å². The average molecular weight is 398 g/mol. The van der Waals surface area contributed by atoms with E-state index in [1.54, 1.807) is 18.3 Å². The lowest BCUT2D eigenvalue weighted by atomic mass is 10.1. The van der Waals surface area contributed by atoms with Crippen molar-refractivity contribution in [1.29, 1.82) is 0 Å². The second kappa shape index (κ2) is 7.87. The molecule has 1 aromatic carbocycles. The van der Waals surface area contributed by atoms with E-state index in [9.17, 15) is 8.78 Å². The molecule has 0 radical (unpaired) electrons. The molecule has 29 heavy (non-hydrogen) atoms. The van der Waals surface area contributed by atoms with Gasteiger partial charge in [-0.2, -0.15) is 0 Å². The van der Waals surface area contributed by atoms with Crippen LogP contribution in [0.4, 0.5) is 20.3 Å². The van der Waals surface area contributed by atoms with E-state index in [0.717, 1.165) is 37.7 Å². The summed E-state index contributed by atoms with van der Waals surface area (Å²) in [5.41, 5.74) is 1.78. The normalized spacial score (nSPS) is 15.1. The van der Waals surface area contributed by atoms with Crippen LogP contribution in [-0.4, -0.2) is 60.1 Å². The molecule has 152 valence electrons. The highest BCUT2D eigenvalue weighted by Gasteiger charge is 2.19. The molecule has 2 aromatic heterocycles. The topological polar surface area (TPSA) is 48.4 Å². The van der Waals surface area contributed by atoms with Gasteiger partial charge < -0.3 is 14.7 Å². The zero-order chi connectivity index (χ0) is 20.5. The summed E-state index contributed by atoms with van der Waals surface area (Å²) < 4.78 is 28.3. The number of fused-ring (bicyclic) bond motifs is 1. The predicted octanol–water partition coefficient (Wildman–Crippen LogP) is 3.00. The van der Waals surface area contributed by atoms with Crippen LogP contribution in [0.1, 0.15) is 11.5 Å². The Bertz CT molecular complexity index is 1030. The molecule has 0 amide bonds. The Morgan fingerprint density at radius 3 is 2.62 bits per heavy atom. The quantitative estimate of drug-likeness (QED) is 0.673. The first-order valence-electron chi connectivity index (χ1n) is 9.64. The van der Waals surface area contributed by atoms with Crippen LogP contribution in [0.3, 0.4) is 0 Å². The van der Waals surface area contributed by atoms with Crippen molar-refractivity contribution in [3.8, 4) is 0 Å². The fourth-order valence-corrected chi connectivity index (χ4v) is 3.68. The molecular formula is C21H24F2N6. The molecule has 0 bridgehead atoms. The first-order valence-corrected chi connectivity index (χ1v) is 9.64. The van der Waals surface area contributed by atoms with Crippen LogP contribution in [0, 0.1) is 18.6 Å². The number of halogens is 2. The lowest BCUT2D eigenvalue weighted by molar-refractivity contribution is 0.312. The van der Waals surface area contributed by atoms with Crippen LogP contribution in [0.2, 0.25) is 0 Å². The highest BCUT2D eigenvalue weighted by molar-refractivity contribution is 5.91. The molecule has 1 saturated heterocycles. The smallest absolute Gasteiger partial charge is 0.168 e. The molecule has 0 N–H and O–H groups in total. The van der Waals surface area contributed by atoms with Gasteiger partial charge in [0.1, 0.15) is 11.6 Å². The fraction of sp³-hybridized carbons (Fsp3) is 0.381. The second-order valence-electron chi connectivity index (χ2n) is 7.50. The predicted molar refractivity (Wildman–Crippen MR) is 110 cm³/mol. The third-order valence-electron chi connectivity index (χ3n) is 5.28. The summed E-state index contributed by atoms with van der Waals surface area (Å²) in [5.74, 6) is -0.162. The number of piperazine rings is 1. The van der Waals surface area contributed by atoms with Crippen LogP contribution < -0.4 is 9.80 Å². The van der Waals surface area contributed by atoms with Crippen LogP contribution in [0.25, 0.3) is 10.9 Å². The van der Waals surface area contributed by atoms with Crippen molar-refractivity contribution in [2.24, 2.45) is 0 Å². The molecule has 0 spiro atoms. The van der Waals surface area contributed by atoms with Gasteiger partial charge >= 0.3 is 0 Å². The zero-order valence-corrected chi connectivity index (χ0v) is 16.9. The molecule has 8 heteroatoms. The van der Waals surface area contributed by atoms with Crippen LogP contribution in [0.5, 0.6) is 0 Å². The monoisotopic (exact) mass is 398 g/mol. The Labute approximate surface area is 168 Å². The van der Waals surface area contributed by atoms with E-state index in [1.165, 1.54) is 6.07 Å². The Morgan fingerprint density at radius 2 is 1.86 bits per heavy atom. The Balaban J connectivity index is 1.63. The number of likely N-dealkylation sites (N-methyl/N-ethyl adjacent to an activating group) is 1. The third kappa shape index (κ3) is 3.98. The van der Waals surface area contributed by atoms with E-state index in [1.807, 2.05) is 24.9 Å². The van der Waals surface area contributed by atoms with E-state index < -0.39 is 11.6 Å². The number of aromatic nitrogens is 3. The SMILES string of the molecule is Cc1nc(CN(C)c2cc(F)c(F)c3cccnc23)cc(N2CCN(C)CC2)n1. The Hall–Kier alpha value is -2.87. The Kier molecular flexibility index (Phi) is 5.27. The highest BCUT2D eigenvalue weighted by Crippen LogP contribution is 2.29. The number of nitrogens with zero attached hydrogens (tertiary/aromatic N) is 6. The van der Waals surface area contributed by atoms with E-state index in [0.29, 0.717) is 23.6 Å². The maximum atomic E-state index is 14.1. The summed E-state index contributed by atoms with van der Waals surface area (Å²) in [6.07, 6.45) is 1.58. The molecule has 1 aliphatic rings. The lowest BCUT2D eigenvalue weighted by Crippen LogP contribution is -2.45. The van der Waals surface area contributed by atoms with Crippen molar-refractivity contribution < 1.29 is 8.78 Å². The summed E-state index contributed by atoms with van der Waals surface area (Å²) in [7, 11) is 3.94. The first kappa shape index (κ1) is 19.4. The summed E-state index contributed by atoms with van der Waals surface area (Å²) >= 11 is 0. The van der Waals surface area contributed by atoms with Crippen LogP contribution >= 0.6 is 0 Å². The van der Waals surface area contributed by atoms with Crippen molar-refractivity contribution in [3.05, 3.63) is 53.6 Å². The van der Waals surface area contributed by atoms with Gasteiger partial charge in [-0.3, -0.25) is 4.98 Å². The maximum absolute atomic E-state index is 14.1. The molecule has 0 unspecified atom stereocenters. The largest absolute Gasteiger partial charge is 0.367 e. The standard InChI is InChI=1S/C21H24F2N6/c1-14-25-15(11-19(26-14)29-9-7-27(2)8-10-29)13-28(3)18-12-17(22)20(23)16-5-4-6-24-21(16)18/h4-6,11-12H,7-10,13H2,1-3H3. The van der Waals surface area contributed by atoms with E-state index >= 15 is 0 Å². The van der Waals surface area contributed by atoms with Gasteiger partial charge in [-0.25, -0.2) is 18.7 Å². The van der Waals surface area contributed by atoms with E-state index in [4.69, 9.17) is 0 Å². The number of anilines is 2. The summed E-state index contributed by atoms with van der Waals surface area (Å²) in [5, 5.41) is 0.173. The number of benzene rings is 1. The molecule has 6 nitrogen and oxygen atoms in total. The van der Waals surface area contributed by atoms with Crippen molar-refractivity contribution in [2.75, 3.05) is 50.1 Å². The second-order valence-corrected chi connectivity index (χ2v) is 7.50. The number of pyridine rings is 1. The molecule has 4 rings (SSSR count). The minimum Gasteiger partial charge on any atom is -0.367 e. The highest BCUT2D eigenvalue weighted by atomic mass is 19.2. The third-order valence-corrected chi connectivity index (χ3v) is 5.28. The lowest BCUT2D eigenvalue weighted by Gasteiger charge is -2.33. The maximum Gasteiger partial charge on any atom is 0.168 e. The first-order chi connectivity index (χ1) is 13.9. The van der Waals surface area contributed by atoms with Crippen LogP contribution in [0.15, 0.2) is 30.5 Å². The molecule has 3 aromatic rings. The van der Waals surface area contributed by atoms with Crippen molar-refractivity contribution in [3.63, 3.8) is 0 Å². The molecular weight excluding hydrogens is 374 g/mol. The molecule has 0 atom stereocenters. The van der Waals surface area contributed by atoms with Gasteiger partial charge in [0.25, 0.3) is 0 Å². The van der Waals surface area contributed by atoms with Gasteiger partial charge in [-0.05, 0) is 26.1 Å². The zero-order valence-electron chi connectivity index (χ0n) is 16.9. The summed E-state index contributed by atoms with van der Waals surface area (Å²) in [6.45, 7) is 6.12. The molecule has 3 heterocycles.